The van der Waals surface area contributed by atoms with E-state index in [2.05, 4.69) is 9.97 Å². The third-order valence-electron chi connectivity index (χ3n) is 5.23. The van der Waals surface area contributed by atoms with E-state index in [0.717, 1.165) is 31.2 Å². The predicted molar refractivity (Wildman–Crippen MR) is 105 cm³/mol. The maximum absolute atomic E-state index is 13.1. The molecule has 1 aliphatic carbocycles. The number of hydrogen-bond acceptors (Lipinski definition) is 3. The van der Waals surface area contributed by atoms with E-state index in [-0.39, 0.29) is 17.4 Å². The van der Waals surface area contributed by atoms with Gasteiger partial charge in [0, 0.05) is 12.5 Å². The van der Waals surface area contributed by atoms with Crippen LogP contribution in [0.3, 0.4) is 0 Å². The molecule has 1 saturated carbocycles. The molecule has 3 aromatic rings. The normalized spacial score (nSPS) is 14.5. The number of nitrogens with zero attached hydrogens (tertiary/aromatic N) is 2. The molecule has 1 N–H and O–H groups in total. The number of fused-ring (bicyclic) bond motifs is 1. The van der Waals surface area contributed by atoms with E-state index in [1.54, 1.807) is 6.07 Å². The Morgan fingerprint density at radius 1 is 1.00 bits per heavy atom. The molecule has 4 rings (SSSR count). The molecular formula is C22H23N3O2. The molecule has 27 heavy (non-hydrogen) atoms. The molecule has 138 valence electrons. The number of nitrogens with one attached hydrogen (secondary N) is 1. The molecule has 0 unspecified atom stereocenters. The number of hydrogen-bond donors (Lipinski definition) is 1. The molecule has 1 amide bonds. The van der Waals surface area contributed by atoms with Crippen LogP contribution < -0.4 is 5.56 Å². The highest BCUT2D eigenvalue weighted by Gasteiger charge is 2.28. The van der Waals surface area contributed by atoms with E-state index in [1.807, 2.05) is 53.4 Å². The molecule has 1 aliphatic rings. The molecular weight excluding hydrogens is 338 g/mol. The van der Waals surface area contributed by atoms with Gasteiger partial charge >= 0.3 is 0 Å². The third-order valence-corrected chi connectivity index (χ3v) is 5.23. The summed E-state index contributed by atoms with van der Waals surface area (Å²) in [7, 11) is 0. The Kier molecular flexibility index (Phi) is 5.01. The number of rotatable bonds is 5. The number of carbonyl (C=O) groups is 1. The lowest BCUT2D eigenvalue weighted by molar-refractivity contribution is -0.136. The first kappa shape index (κ1) is 17.5. The summed E-state index contributed by atoms with van der Waals surface area (Å²) in [6, 6.07) is 17.2. The first-order valence-corrected chi connectivity index (χ1v) is 9.51. The molecule has 0 bridgehead atoms. The standard InChI is InChI=1S/C22H23N3O2/c26-21-18-12-6-7-13-19(18)23-20(24-21)15-25(14-16-8-2-1-3-9-16)22(27)17-10-4-5-11-17/h1-3,6-9,12-13,17H,4-5,10-11,14-15H2,(H,23,24,26). The van der Waals surface area contributed by atoms with E-state index < -0.39 is 0 Å². The maximum atomic E-state index is 13.1. The first-order chi connectivity index (χ1) is 13.2. The Bertz CT molecular complexity index is 991. The number of aromatic nitrogens is 2. The van der Waals surface area contributed by atoms with Gasteiger partial charge < -0.3 is 9.88 Å². The summed E-state index contributed by atoms with van der Waals surface area (Å²) in [6.45, 7) is 0.830. The summed E-state index contributed by atoms with van der Waals surface area (Å²) in [5.41, 5.74) is 1.57. The van der Waals surface area contributed by atoms with Crippen molar-refractivity contribution in [3.63, 3.8) is 0 Å². The van der Waals surface area contributed by atoms with Gasteiger partial charge in [-0.15, -0.1) is 0 Å². The van der Waals surface area contributed by atoms with Crippen LogP contribution in [0, 0.1) is 5.92 Å². The Hall–Kier alpha value is -2.95. The van der Waals surface area contributed by atoms with Crippen molar-refractivity contribution in [1.29, 1.82) is 0 Å². The molecule has 0 aliphatic heterocycles. The number of benzene rings is 2. The molecule has 0 radical (unpaired) electrons. The van der Waals surface area contributed by atoms with Crippen molar-refractivity contribution in [3.8, 4) is 0 Å². The lowest BCUT2D eigenvalue weighted by Crippen LogP contribution is -2.35. The maximum Gasteiger partial charge on any atom is 0.258 e. The molecule has 1 aromatic heterocycles. The summed E-state index contributed by atoms with van der Waals surface area (Å²) in [6.07, 6.45) is 4.12. The molecule has 1 fully saturated rings. The van der Waals surface area contributed by atoms with Crippen LogP contribution in [0.25, 0.3) is 10.9 Å². The minimum absolute atomic E-state index is 0.0842. The zero-order chi connectivity index (χ0) is 18.6. The molecule has 1 heterocycles. The summed E-state index contributed by atoms with van der Waals surface area (Å²) in [5, 5.41) is 0.568. The predicted octanol–water partition coefficient (Wildman–Crippen LogP) is 3.64. The number of para-hydroxylation sites is 1. The lowest BCUT2D eigenvalue weighted by Gasteiger charge is -2.25. The van der Waals surface area contributed by atoms with Gasteiger partial charge in [0.15, 0.2) is 0 Å². The number of carbonyl (C=O) groups excluding carboxylic acids is 1. The van der Waals surface area contributed by atoms with Gasteiger partial charge in [0.05, 0.1) is 17.4 Å². The van der Waals surface area contributed by atoms with Gasteiger partial charge in [-0.1, -0.05) is 55.3 Å². The summed E-state index contributed by atoms with van der Waals surface area (Å²) >= 11 is 0. The Morgan fingerprint density at radius 3 is 2.48 bits per heavy atom. The van der Waals surface area contributed by atoms with Gasteiger partial charge in [0.25, 0.3) is 5.56 Å². The van der Waals surface area contributed by atoms with Crippen molar-refractivity contribution in [2.45, 2.75) is 38.8 Å². The van der Waals surface area contributed by atoms with Crippen LogP contribution in [0.2, 0.25) is 0 Å². The Morgan fingerprint density at radius 2 is 1.70 bits per heavy atom. The molecule has 0 atom stereocenters. The van der Waals surface area contributed by atoms with E-state index in [1.165, 1.54) is 0 Å². The summed E-state index contributed by atoms with van der Waals surface area (Å²) in [5.74, 6) is 0.772. The highest BCUT2D eigenvalue weighted by atomic mass is 16.2. The van der Waals surface area contributed by atoms with E-state index in [0.29, 0.717) is 29.8 Å². The summed E-state index contributed by atoms with van der Waals surface area (Å²) < 4.78 is 0. The molecule has 0 saturated heterocycles. The lowest BCUT2D eigenvalue weighted by atomic mass is 10.1. The molecule has 5 heteroatoms. The van der Waals surface area contributed by atoms with Crippen LogP contribution >= 0.6 is 0 Å². The fraction of sp³-hybridized carbons (Fsp3) is 0.318. The molecule has 5 nitrogen and oxygen atoms in total. The van der Waals surface area contributed by atoms with Gasteiger partial charge in [-0.2, -0.15) is 0 Å². The molecule has 0 spiro atoms. The van der Waals surface area contributed by atoms with Crippen LogP contribution in [-0.4, -0.2) is 20.8 Å². The molecule has 2 aromatic carbocycles. The topological polar surface area (TPSA) is 66.1 Å². The number of amides is 1. The average Bonchev–Trinajstić information content (AvgIpc) is 3.23. The van der Waals surface area contributed by atoms with E-state index >= 15 is 0 Å². The average molecular weight is 361 g/mol. The zero-order valence-electron chi connectivity index (χ0n) is 15.2. The van der Waals surface area contributed by atoms with Crippen molar-refractivity contribution < 1.29 is 4.79 Å². The zero-order valence-corrected chi connectivity index (χ0v) is 15.2. The highest BCUT2D eigenvalue weighted by molar-refractivity contribution is 5.79. The van der Waals surface area contributed by atoms with Crippen LogP contribution in [0.15, 0.2) is 59.4 Å². The van der Waals surface area contributed by atoms with Crippen molar-refractivity contribution in [3.05, 3.63) is 76.3 Å². The second kappa shape index (κ2) is 7.74. The Balaban J connectivity index is 1.63. The SMILES string of the molecule is O=C(C1CCCC1)N(Cc1ccccc1)Cc1nc2ccccc2c(=O)[nH]1. The quantitative estimate of drug-likeness (QED) is 0.754. The second-order valence-corrected chi connectivity index (χ2v) is 7.19. The number of aromatic amines is 1. The van der Waals surface area contributed by atoms with Crippen molar-refractivity contribution >= 4 is 16.8 Å². The van der Waals surface area contributed by atoms with E-state index in [9.17, 15) is 9.59 Å². The van der Waals surface area contributed by atoms with Gasteiger partial charge in [0.1, 0.15) is 5.82 Å². The van der Waals surface area contributed by atoms with Gasteiger partial charge in [-0.25, -0.2) is 4.98 Å². The van der Waals surface area contributed by atoms with Crippen molar-refractivity contribution in [1.82, 2.24) is 14.9 Å². The van der Waals surface area contributed by atoms with Crippen molar-refractivity contribution in [2.24, 2.45) is 5.92 Å². The van der Waals surface area contributed by atoms with Crippen molar-refractivity contribution in [2.75, 3.05) is 0 Å². The van der Waals surface area contributed by atoms with Gasteiger partial charge in [0.2, 0.25) is 5.91 Å². The van der Waals surface area contributed by atoms with Gasteiger partial charge in [-0.3, -0.25) is 9.59 Å². The summed E-state index contributed by atoms with van der Waals surface area (Å²) in [4.78, 5) is 34.7. The second-order valence-electron chi connectivity index (χ2n) is 7.19. The Labute approximate surface area is 158 Å². The minimum atomic E-state index is -0.163. The minimum Gasteiger partial charge on any atom is -0.331 e. The van der Waals surface area contributed by atoms with Crippen LogP contribution in [0.1, 0.15) is 37.1 Å². The van der Waals surface area contributed by atoms with Crippen LogP contribution in [-0.2, 0) is 17.9 Å². The highest BCUT2D eigenvalue weighted by Crippen LogP contribution is 2.27. The largest absolute Gasteiger partial charge is 0.331 e. The van der Waals surface area contributed by atoms with Gasteiger partial charge in [-0.05, 0) is 30.5 Å². The van der Waals surface area contributed by atoms with Crippen LogP contribution in [0.5, 0.6) is 0 Å². The third kappa shape index (κ3) is 3.92. The van der Waals surface area contributed by atoms with E-state index in [4.69, 9.17) is 0 Å². The fourth-order valence-corrected chi connectivity index (χ4v) is 3.84. The number of H-pyrrole nitrogens is 1. The fourth-order valence-electron chi connectivity index (χ4n) is 3.84. The first-order valence-electron chi connectivity index (χ1n) is 9.51. The van der Waals surface area contributed by atoms with Crippen LogP contribution in [0.4, 0.5) is 0 Å². The smallest absolute Gasteiger partial charge is 0.258 e. The monoisotopic (exact) mass is 361 g/mol.